The van der Waals surface area contributed by atoms with E-state index in [0.29, 0.717) is 6.54 Å². The third-order valence-electron chi connectivity index (χ3n) is 4.11. The number of piperazine rings is 1. The monoisotopic (exact) mass is 362 g/mol. The molecule has 0 atom stereocenters. The summed E-state index contributed by atoms with van der Waals surface area (Å²) in [5.41, 5.74) is 0.260. The summed E-state index contributed by atoms with van der Waals surface area (Å²) in [5.74, 6) is -0.581. The molecule has 8 nitrogen and oxygen atoms in total. The number of para-hydroxylation sites is 1. The zero-order chi connectivity index (χ0) is 18.2. The first-order chi connectivity index (χ1) is 12.7. The summed E-state index contributed by atoms with van der Waals surface area (Å²) in [5, 5.41) is 13.9. The summed E-state index contributed by atoms with van der Waals surface area (Å²) in [4.78, 5) is 14.4. The van der Waals surface area contributed by atoms with Gasteiger partial charge in [0.25, 0.3) is 5.91 Å². The van der Waals surface area contributed by atoms with Crippen molar-refractivity contribution in [2.75, 3.05) is 45.9 Å². The molecule has 3 rings (SSSR count). The van der Waals surface area contributed by atoms with E-state index in [-0.39, 0.29) is 30.5 Å². The molecule has 0 bridgehead atoms. The largest absolute Gasteiger partial charge is 0.489 e. The van der Waals surface area contributed by atoms with Gasteiger partial charge in [-0.1, -0.05) is 17.3 Å². The zero-order valence-corrected chi connectivity index (χ0v) is 14.5. The lowest BCUT2D eigenvalue weighted by Crippen LogP contribution is -2.44. The molecule has 1 fully saturated rings. The SMILES string of the molecule is O=C(NCCOc1ccccc1F)c1cn(CCN2CCNCC2)nn1. The van der Waals surface area contributed by atoms with Crippen LogP contribution in [0.3, 0.4) is 0 Å². The zero-order valence-electron chi connectivity index (χ0n) is 14.5. The number of nitrogens with zero attached hydrogens (tertiary/aromatic N) is 4. The molecule has 0 aliphatic carbocycles. The minimum atomic E-state index is -0.425. The van der Waals surface area contributed by atoms with E-state index in [9.17, 15) is 9.18 Å². The van der Waals surface area contributed by atoms with Crippen LogP contribution in [0.1, 0.15) is 10.5 Å². The summed E-state index contributed by atoms with van der Waals surface area (Å²) in [6.45, 7) is 6.03. The van der Waals surface area contributed by atoms with Crippen LogP contribution in [0.4, 0.5) is 4.39 Å². The van der Waals surface area contributed by atoms with Gasteiger partial charge in [-0.15, -0.1) is 5.10 Å². The van der Waals surface area contributed by atoms with E-state index in [4.69, 9.17) is 4.74 Å². The number of ether oxygens (including phenoxy) is 1. The molecule has 2 aromatic rings. The molecule has 0 saturated carbocycles. The lowest BCUT2D eigenvalue weighted by Gasteiger charge is -2.26. The molecular formula is C17H23FN6O2. The number of rotatable bonds is 8. The highest BCUT2D eigenvalue weighted by Gasteiger charge is 2.12. The van der Waals surface area contributed by atoms with Crippen molar-refractivity contribution in [2.45, 2.75) is 6.54 Å². The molecule has 2 N–H and O–H groups in total. The van der Waals surface area contributed by atoms with Crippen LogP contribution >= 0.6 is 0 Å². The summed E-state index contributed by atoms with van der Waals surface area (Å²) in [6.07, 6.45) is 1.63. The van der Waals surface area contributed by atoms with Crippen LogP contribution in [0.5, 0.6) is 5.75 Å². The van der Waals surface area contributed by atoms with E-state index in [1.54, 1.807) is 29.1 Å². The molecule has 26 heavy (non-hydrogen) atoms. The summed E-state index contributed by atoms with van der Waals surface area (Å²) < 4.78 is 20.4. The average molecular weight is 362 g/mol. The number of aromatic nitrogens is 3. The molecule has 0 unspecified atom stereocenters. The Balaban J connectivity index is 1.38. The Morgan fingerprint density at radius 2 is 2.08 bits per heavy atom. The second-order valence-corrected chi connectivity index (χ2v) is 5.99. The maximum absolute atomic E-state index is 13.4. The highest BCUT2D eigenvalue weighted by molar-refractivity contribution is 5.91. The first-order valence-corrected chi connectivity index (χ1v) is 8.71. The van der Waals surface area contributed by atoms with Crippen molar-refractivity contribution >= 4 is 5.91 Å². The standard InChI is InChI=1S/C17H23FN6O2/c18-14-3-1-2-4-16(14)26-12-7-20-17(25)15-13-24(22-21-15)11-10-23-8-5-19-6-9-23/h1-4,13,19H,5-12H2,(H,20,25). The highest BCUT2D eigenvalue weighted by Crippen LogP contribution is 2.14. The quantitative estimate of drug-likeness (QED) is 0.650. The van der Waals surface area contributed by atoms with E-state index < -0.39 is 5.82 Å². The van der Waals surface area contributed by atoms with E-state index in [2.05, 4.69) is 25.8 Å². The molecule has 1 aromatic carbocycles. The van der Waals surface area contributed by atoms with Crippen LogP contribution in [0.25, 0.3) is 0 Å². The molecule has 0 spiro atoms. The van der Waals surface area contributed by atoms with Gasteiger partial charge in [0.15, 0.2) is 17.3 Å². The Morgan fingerprint density at radius 1 is 1.27 bits per heavy atom. The van der Waals surface area contributed by atoms with E-state index >= 15 is 0 Å². The Kier molecular flexibility index (Phi) is 6.50. The number of nitrogens with one attached hydrogen (secondary N) is 2. The van der Waals surface area contributed by atoms with Crippen molar-refractivity contribution in [1.82, 2.24) is 30.5 Å². The Morgan fingerprint density at radius 3 is 2.88 bits per heavy atom. The van der Waals surface area contributed by atoms with Gasteiger partial charge in [0.1, 0.15) is 6.61 Å². The van der Waals surface area contributed by atoms with Crippen LogP contribution in [-0.4, -0.2) is 71.7 Å². The van der Waals surface area contributed by atoms with Gasteiger partial charge in [-0.3, -0.25) is 14.4 Å². The molecule has 9 heteroatoms. The van der Waals surface area contributed by atoms with Gasteiger partial charge in [0, 0.05) is 32.7 Å². The number of halogens is 1. The first-order valence-electron chi connectivity index (χ1n) is 8.71. The second kappa shape index (κ2) is 9.25. The van der Waals surface area contributed by atoms with Crippen LogP contribution in [-0.2, 0) is 6.54 Å². The normalized spacial score (nSPS) is 15.0. The summed E-state index contributed by atoms with van der Waals surface area (Å²) in [7, 11) is 0. The minimum absolute atomic E-state index is 0.167. The fourth-order valence-corrected chi connectivity index (χ4v) is 2.67. The predicted molar refractivity (Wildman–Crippen MR) is 93.6 cm³/mol. The first kappa shape index (κ1) is 18.3. The third-order valence-corrected chi connectivity index (χ3v) is 4.11. The molecule has 1 aromatic heterocycles. The molecule has 1 aliphatic rings. The number of benzene rings is 1. The number of amides is 1. The number of carbonyl (C=O) groups is 1. The van der Waals surface area contributed by atoms with Crippen molar-refractivity contribution in [3.05, 3.63) is 42.0 Å². The molecule has 2 heterocycles. The Bertz CT molecular complexity index is 717. The topological polar surface area (TPSA) is 84.3 Å². The van der Waals surface area contributed by atoms with Crippen LogP contribution in [0.15, 0.2) is 30.5 Å². The van der Waals surface area contributed by atoms with Gasteiger partial charge >= 0.3 is 0 Å². The van der Waals surface area contributed by atoms with Gasteiger partial charge in [0.2, 0.25) is 0 Å². The number of hydrogen-bond acceptors (Lipinski definition) is 6. The van der Waals surface area contributed by atoms with Crippen molar-refractivity contribution in [2.24, 2.45) is 0 Å². The molecule has 1 aliphatic heterocycles. The molecule has 1 amide bonds. The maximum atomic E-state index is 13.4. The van der Waals surface area contributed by atoms with E-state index in [1.165, 1.54) is 6.07 Å². The predicted octanol–water partition coefficient (Wildman–Crippen LogP) is 0.131. The summed E-state index contributed by atoms with van der Waals surface area (Å²) >= 11 is 0. The lowest BCUT2D eigenvalue weighted by atomic mass is 10.3. The van der Waals surface area contributed by atoms with Gasteiger partial charge in [-0.2, -0.15) is 0 Å². The Labute approximate surface area is 151 Å². The smallest absolute Gasteiger partial charge is 0.273 e. The fraction of sp³-hybridized carbons (Fsp3) is 0.471. The van der Waals surface area contributed by atoms with Crippen molar-refractivity contribution < 1.29 is 13.9 Å². The number of hydrogen-bond donors (Lipinski definition) is 2. The van der Waals surface area contributed by atoms with Crippen molar-refractivity contribution in [1.29, 1.82) is 0 Å². The van der Waals surface area contributed by atoms with Crippen LogP contribution in [0, 0.1) is 5.82 Å². The molecule has 140 valence electrons. The van der Waals surface area contributed by atoms with Gasteiger partial charge in [-0.25, -0.2) is 4.39 Å². The van der Waals surface area contributed by atoms with E-state index in [1.807, 2.05) is 0 Å². The fourth-order valence-electron chi connectivity index (χ4n) is 2.67. The summed E-state index contributed by atoms with van der Waals surface area (Å²) in [6, 6.07) is 6.15. The second-order valence-electron chi connectivity index (χ2n) is 5.99. The minimum Gasteiger partial charge on any atom is -0.489 e. The molecule has 1 saturated heterocycles. The van der Waals surface area contributed by atoms with Gasteiger partial charge in [0.05, 0.1) is 19.3 Å². The molecule has 0 radical (unpaired) electrons. The van der Waals surface area contributed by atoms with E-state index in [0.717, 1.165) is 32.7 Å². The van der Waals surface area contributed by atoms with Crippen LogP contribution < -0.4 is 15.4 Å². The maximum Gasteiger partial charge on any atom is 0.273 e. The average Bonchev–Trinajstić information content (AvgIpc) is 3.15. The molecular weight excluding hydrogens is 339 g/mol. The third kappa shape index (κ3) is 5.24. The van der Waals surface area contributed by atoms with Gasteiger partial charge in [-0.05, 0) is 12.1 Å². The number of carbonyl (C=O) groups excluding carboxylic acids is 1. The van der Waals surface area contributed by atoms with Crippen molar-refractivity contribution in [3.63, 3.8) is 0 Å². The Hall–Kier alpha value is -2.52. The van der Waals surface area contributed by atoms with Crippen molar-refractivity contribution in [3.8, 4) is 5.75 Å². The lowest BCUT2D eigenvalue weighted by molar-refractivity contribution is 0.0941. The van der Waals surface area contributed by atoms with Crippen LogP contribution in [0.2, 0.25) is 0 Å². The van der Waals surface area contributed by atoms with Gasteiger partial charge < -0.3 is 15.4 Å². The highest BCUT2D eigenvalue weighted by atomic mass is 19.1.